The number of carbonyl (C=O) groups excluding carboxylic acids is 6. The zero-order valence-corrected chi connectivity index (χ0v) is 40.2. The molecule has 2 aliphatic rings. The van der Waals surface area contributed by atoms with Crippen LogP contribution in [0, 0.1) is 35.5 Å². The molecule has 0 amide bonds. The van der Waals surface area contributed by atoms with Crippen molar-refractivity contribution in [3.8, 4) is 11.5 Å². The lowest BCUT2D eigenvalue weighted by Crippen LogP contribution is -2.33. The van der Waals surface area contributed by atoms with Crippen LogP contribution in [0.5, 0.6) is 11.5 Å². The maximum absolute atomic E-state index is 13.2. The Balaban J connectivity index is 0.000000241. The van der Waals surface area contributed by atoms with Crippen LogP contribution >= 0.6 is 0 Å². The summed E-state index contributed by atoms with van der Waals surface area (Å²) in [6, 6.07) is 35.4. The highest BCUT2D eigenvalue weighted by Crippen LogP contribution is 2.40. The third-order valence-electron chi connectivity index (χ3n) is 11.9. The monoisotopic (exact) mass is 904 g/mol. The number of benzene rings is 4. The SMILES string of the molecule is C[Si](C)(C)CCOC(=O)[C@@H]1C(C=O)CC[C@H]1C(=O)c1ccc(OCc2ccccc2)cc1.C[Si](C)(C)CCOC(=O)[C@H]1[C@H](C=O)CC[C@@H]1C(=O)c1ccc(OCc2ccccc2)cc1. The summed E-state index contributed by atoms with van der Waals surface area (Å²) < 4.78 is 22.6. The Morgan fingerprint density at radius 2 is 0.844 bits per heavy atom. The molecule has 2 fully saturated rings. The largest absolute Gasteiger partial charge is 0.489 e. The van der Waals surface area contributed by atoms with Crippen molar-refractivity contribution >= 4 is 52.2 Å². The number of ether oxygens (including phenoxy) is 4. The number of ketones is 2. The van der Waals surface area contributed by atoms with Gasteiger partial charge in [-0.05, 0) is 97.4 Å². The lowest BCUT2D eigenvalue weighted by molar-refractivity contribution is -0.151. The summed E-state index contributed by atoms with van der Waals surface area (Å²) in [5.74, 6) is -3.10. The molecule has 0 aromatic heterocycles. The third kappa shape index (κ3) is 14.8. The number of rotatable bonds is 20. The highest BCUT2D eigenvalue weighted by Gasteiger charge is 2.47. The summed E-state index contributed by atoms with van der Waals surface area (Å²) in [5, 5.41) is 0. The smallest absolute Gasteiger partial charge is 0.310 e. The van der Waals surface area contributed by atoms with Crippen molar-refractivity contribution in [2.45, 2.75) is 90.3 Å². The molecule has 6 atom stereocenters. The third-order valence-corrected chi connectivity index (χ3v) is 15.4. The number of carbonyl (C=O) groups is 6. The van der Waals surface area contributed by atoms with Gasteiger partial charge in [0.2, 0.25) is 0 Å². The van der Waals surface area contributed by atoms with Crippen molar-refractivity contribution in [2.75, 3.05) is 13.2 Å². The van der Waals surface area contributed by atoms with E-state index in [2.05, 4.69) is 39.3 Å². The number of aldehydes is 2. The average Bonchev–Trinajstić information content (AvgIpc) is 3.93. The van der Waals surface area contributed by atoms with Gasteiger partial charge in [-0.15, -0.1) is 0 Å². The second-order valence-corrected chi connectivity index (χ2v) is 30.5. The molecule has 1 unspecified atom stereocenters. The molecule has 0 spiro atoms. The van der Waals surface area contributed by atoms with E-state index in [-0.39, 0.29) is 11.6 Å². The molecule has 0 N–H and O–H groups in total. The quantitative estimate of drug-likeness (QED) is 0.0364. The molecule has 4 aromatic rings. The molecule has 0 saturated heterocycles. The Hall–Kier alpha value is -5.47. The van der Waals surface area contributed by atoms with E-state index in [1.54, 1.807) is 48.5 Å². The van der Waals surface area contributed by atoms with Gasteiger partial charge in [0.25, 0.3) is 0 Å². The van der Waals surface area contributed by atoms with Gasteiger partial charge in [-0.2, -0.15) is 0 Å². The standard InChI is InChI=1S/2C26H32O5Si/c2*1-32(2,3)16-15-30-26(29)24-21(17-27)11-14-23(24)25(28)20-9-12-22(13-10-20)31-18-19-7-5-4-6-8-19/h2*4-10,12-13,17,21,23-24H,11,14-16,18H2,1-3H3/t21?,23-,24-;21-,23-,24-/m10/s1. The van der Waals surface area contributed by atoms with E-state index >= 15 is 0 Å². The van der Waals surface area contributed by atoms with Crippen LogP contribution in [0.3, 0.4) is 0 Å². The molecule has 2 saturated carbocycles. The van der Waals surface area contributed by atoms with Gasteiger partial charge in [-0.3, -0.25) is 19.2 Å². The molecule has 0 bridgehead atoms. The van der Waals surface area contributed by atoms with Crippen molar-refractivity contribution in [1.29, 1.82) is 0 Å². The fourth-order valence-electron chi connectivity index (χ4n) is 8.08. The zero-order valence-electron chi connectivity index (χ0n) is 38.2. The lowest BCUT2D eigenvalue weighted by Gasteiger charge is -2.21. The van der Waals surface area contributed by atoms with E-state index in [0.29, 0.717) is 74.7 Å². The minimum absolute atomic E-state index is 0.115. The molecule has 2 aliphatic carbocycles. The van der Waals surface area contributed by atoms with Crippen molar-refractivity contribution in [3.05, 3.63) is 131 Å². The van der Waals surface area contributed by atoms with Crippen molar-refractivity contribution in [3.63, 3.8) is 0 Å². The molecule has 64 heavy (non-hydrogen) atoms. The van der Waals surface area contributed by atoms with Crippen LogP contribution in [0.2, 0.25) is 51.4 Å². The first-order chi connectivity index (χ1) is 30.6. The molecule has 0 aliphatic heterocycles. The van der Waals surface area contributed by atoms with Gasteiger partial charge < -0.3 is 28.5 Å². The van der Waals surface area contributed by atoms with Crippen LogP contribution in [0.1, 0.15) is 57.5 Å². The van der Waals surface area contributed by atoms with Gasteiger partial charge in [0.15, 0.2) is 11.6 Å². The molecular formula is C52H64O10Si2. The van der Waals surface area contributed by atoms with Gasteiger partial charge in [-0.25, -0.2) is 0 Å². The van der Waals surface area contributed by atoms with E-state index in [1.807, 2.05) is 60.7 Å². The Bertz CT molecular complexity index is 1990. The fraction of sp³-hybridized carbons (Fsp3) is 0.423. The van der Waals surface area contributed by atoms with E-state index in [9.17, 15) is 28.8 Å². The molecular weight excluding hydrogens is 841 g/mol. The molecule has 340 valence electrons. The normalized spacial score (nSPS) is 20.5. The van der Waals surface area contributed by atoms with Gasteiger partial charge in [0, 0.05) is 50.9 Å². The molecule has 10 nitrogen and oxygen atoms in total. The first kappa shape index (κ1) is 49.5. The minimum atomic E-state index is -1.34. The number of hydrogen-bond donors (Lipinski definition) is 0. The number of Topliss-reactive ketones (excluding diaryl/α,β-unsaturated/α-hetero) is 2. The predicted molar refractivity (Wildman–Crippen MR) is 253 cm³/mol. The van der Waals surface area contributed by atoms with Crippen LogP contribution in [-0.2, 0) is 41.9 Å². The molecule has 0 heterocycles. The van der Waals surface area contributed by atoms with E-state index in [1.165, 1.54) is 0 Å². The summed E-state index contributed by atoms with van der Waals surface area (Å²) in [6.07, 6.45) is 3.71. The first-order valence-corrected chi connectivity index (χ1v) is 29.8. The maximum atomic E-state index is 13.2. The first-order valence-electron chi connectivity index (χ1n) is 22.4. The van der Waals surface area contributed by atoms with Crippen LogP contribution < -0.4 is 9.47 Å². The van der Waals surface area contributed by atoms with Gasteiger partial charge in [0.1, 0.15) is 37.3 Å². The summed E-state index contributed by atoms with van der Waals surface area (Å²) in [4.78, 5) is 75.1. The Morgan fingerprint density at radius 1 is 0.500 bits per heavy atom. The number of hydrogen-bond acceptors (Lipinski definition) is 10. The summed E-state index contributed by atoms with van der Waals surface area (Å²) in [6.45, 7) is 14.9. The minimum Gasteiger partial charge on any atom is -0.489 e. The second-order valence-electron chi connectivity index (χ2n) is 19.3. The van der Waals surface area contributed by atoms with Crippen LogP contribution in [-0.4, -0.2) is 65.4 Å². The summed E-state index contributed by atoms with van der Waals surface area (Å²) in [7, 11) is -2.68. The highest BCUT2D eigenvalue weighted by molar-refractivity contribution is 6.76. The Labute approximate surface area is 380 Å². The average molecular weight is 905 g/mol. The van der Waals surface area contributed by atoms with Crippen molar-refractivity contribution < 1.29 is 47.7 Å². The van der Waals surface area contributed by atoms with Crippen LogP contribution in [0.4, 0.5) is 0 Å². The molecule has 0 radical (unpaired) electrons. The zero-order chi connectivity index (χ0) is 46.3. The second kappa shape index (κ2) is 23.5. The van der Waals surface area contributed by atoms with Crippen LogP contribution in [0.15, 0.2) is 109 Å². The topological polar surface area (TPSA) is 139 Å². The lowest BCUT2D eigenvalue weighted by atomic mass is 9.85. The van der Waals surface area contributed by atoms with Crippen molar-refractivity contribution in [2.24, 2.45) is 35.5 Å². The molecule has 6 rings (SSSR count). The van der Waals surface area contributed by atoms with Crippen molar-refractivity contribution in [1.82, 2.24) is 0 Å². The van der Waals surface area contributed by atoms with Gasteiger partial charge in [0.05, 0.1) is 25.0 Å². The van der Waals surface area contributed by atoms with Gasteiger partial charge >= 0.3 is 11.9 Å². The highest BCUT2D eigenvalue weighted by atomic mass is 28.3. The maximum Gasteiger partial charge on any atom is 0.310 e. The van der Waals surface area contributed by atoms with Crippen LogP contribution in [0.25, 0.3) is 0 Å². The molecule has 4 aromatic carbocycles. The van der Waals surface area contributed by atoms with Gasteiger partial charge in [-0.1, -0.05) is 99.9 Å². The number of esters is 2. The Morgan fingerprint density at radius 3 is 1.16 bits per heavy atom. The predicted octanol–water partition coefficient (Wildman–Crippen LogP) is 10.3. The summed E-state index contributed by atoms with van der Waals surface area (Å²) >= 11 is 0. The summed E-state index contributed by atoms with van der Waals surface area (Å²) in [5.41, 5.74) is 3.17. The van der Waals surface area contributed by atoms with E-state index in [0.717, 1.165) is 35.8 Å². The Kier molecular flexibility index (Phi) is 18.2. The molecule has 12 heteroatoms. The fourth-order valence-corrected chi connectivity index (χ4v) is 9.51. The van der Waals surface area contributed by atoms with E-state index in [4.69, 9.17) is 18.9 Å². The van der Waals surface area contributed by atoms with E-state index < -0.39 is 63.6 Å².